The second kappa shape index (κ2) is 13.2. The van der Waals surface area contributed by atoms with Crippen molar-refractivity contribution in [1.82, 2.24) is 14.5 Å². The van der Waals surface area contributed by atoms with Crippen LogP contribution in [0.4, 0.5) is 0 Å². The van der Waals surface area contributed by atoms with Gasteiger partial charge in [-0.2, -0.15) is 0 Å². The molecule has 0 saturated carbocycles. The van der Waals surface area contributed by atoms with Crippen molar-refractivity contribution in [3.63, 3.8) is 0 Å². The monoisotopic (exact) mass is 525 g/mol. The Labute approximate surface area is 231 Å². The fourth-order valence-corrected chi connectivity index (χ4v) is 4.91. The van der Waals surface area contributed by atoms with Gasteiger partial charge in [-0.05, 0) is 74.1 Å². The van der Waals surface area contributed by atoms with Gasteiger partial charge in [-0.15, -0.1) is 0 Å². The number of carbonyl (C=O) groups excluding carboxylic acids is 1. The van der Waals surface area contributed by atoms with E-state index in [1.54, 1.807) is 4.57 Å². The average Bonchev–Trinajstić information content (AvgIpc) is 2.95. The number of para-hydroxylation sites is 1. The summed E-state index contributed by atoms with van der Waals surface area (Å²) in [5, 5.41) is 0.550. The third kappa shape index (κ3) is 6.75. The van der Waals surface area contributed by atoms with Crippen LogP contribution in [0.1, 0.15) is 64.4 Å². The molecule has 6 heteroatoms. The number of aromatic nitrogens is 2. The molecule has 1 unspecified atom stereocenters. The molecule has 1 heterocycles. The van der Waals surface area contributed by atoms with Crippen LogP contribution in [-0.2, 0) is 11.2 Å². The first-order valence-electron chi connectivity index (χ1n) is 14.0. The van der Waals surface area contributed by atoms with Crippen molar-refractivity contribution in [1.29, 1.82) is 0 Å². The molecule has 1 amide bonds. The molecule has 0 fully saturated rings. The molecule has 0 spiro atoms. The topological polar surface area (TPSA) is 64.4 Å². The molecule has 204 valence electrons. The maximum absolute atomic E-state index is 13.9. The minimum absolute atomic E-state index is 0.0759. The van der Waals surface area contributed by atoms with Crippen molar-refractivity contribution in [2.45, 2.75) is 59.4 Å². The molecule has 0 aliphatic carbocycles. The highest BCUT2D eigenvalue weighted by atomic mass is 16.5. The third-order valence-electron chi connectivity index (χ3n) is 7.01. The van der Waals surface area contributed by atoms with Crippen LogP contribution in [0.5, 0.6) is 5.75 Å². The Morgan fingerprint density at radius 3 is 2.31 bits per heavy atom. The molecule has 0 aliphatic heterocycles. The van der Waals surface area contributed by atoms with Crippen LogP contribution >= 0.6 is 0 Å². The molecule has 4 rings (SSSR count). The zero-order valence-electron chi connectivity index (χ0n) is 23.5. The van der Waals surface area contributed by atoms with Gasteiger partial charge in [0.25, 0.3) is 5.56 Å². The van der Waals surface area contributed by atoms with E-state index in [9.17, 15) is 9.59 Å². The molecule has 4 aromatic rings. The first-order chi connectivity index (χ1) is 18.9. The predicted molar refractivity (Wildman–Crippen MR) is 157 cm³/mol. The molecular weight excluding hydrogens is 486 g/mol. The molecule has 0 radical (unpaired) electrons. The average molecular weight is 526 g/mol. The van der Waals surface area contributed by atoms with Crippen molar-refractivity contribution in [2.75, 3.05) is 13.2 Å². The minimum atomic E-state index is -0.351. The van der Waals surface area contributed by atoms with E-state index in [-0.39, 0.29) is 17.5 Å². The predicted octanol–water partition coefficient (Wildman–Crippen LogP) is 6.74. The summed E-state index contributed by atoms with van der Waals surface area (Å²) in [6.45, 7) is 9.50. The number of rotatable bonds is 12. The Morgan fingerprint density at radius 2 is 1.64 bits per heavy atom. The van der Waals surface area contributed by atoms with E-state index in [2.05, 4.69) is 32.9 Å². The van der Waals surface area contributed by atoms with Gasteiger partial charge in [0, 0.05) is 13.0 Å². The third-order valence-corrected chi connectivity index (χ3v) is 7.01. The van der Waals surface area contributed by atoms with E-state index >= 15 is 0 Å². The van der Waals surface area contributed by atoms with Gasteiger partial charge in [-0.25, -0.2) is 4.98 Å². The molecule has 39 heavy (non-hydrogen) atoms. The Hall–Kier alpha value is -3.93. The van der Waals surface area contributed by atoms with E-state index in [1.165, 1.54) is 0 Å². The molecule has 0 bridgehead atoms. The summed E-state index contributed by atoms with van der Waals surface area (Å²) in [6.07, 6.45) is 2.58. The lowest BCUT2D eigenvalue weighted by Crippen LogP contribution is -2.39. The summed E-state index contributed by atoms with van der Waals surface area (Å²) in [6, 6.07) is 24.7. The highest BCUT2D eigenvalue weighted by Crippen LogP contribution is 2.28. The van der Waals surface area contributed by atoms with Crippen LogP contribution < -0.4 is 10.3 Å². The van der Waals surface area contributed by atoms with E-state index < -0.39 is 0 Å². The summed E-state index contributed by atoms with van der Waals surface area (Å²) in [5.74, 6) is 1.84. The van der Waals surface area contributed by atoms with Gasteiger partial charge in [0.05, 0.1) is 29.2 Å². The summed E-state index contributed by atoms with van der Waals surface area (Å²) >= 11 is 0. The lowest BCUT2D eigenvalue weighted by molar-refractivity contribution is -0.134. The molecule has 1 aromatic heterocycles. The van der Waals surface area contributed by atoms with Crippen molar-refractivity contribution in [2.24, 2.45) is 5.92 Å². The van der Waals surface area contributed by atoms with Crippen LogP contribution in [0.2, 0.25) is 0 Å². The van der Waals surface area contributed by atoms with E-state index in [1.807, 2.05) is 78.6 Å². The highest BCUT2D eigenvalue weighted by Gasteiger charge is 2.29. The van der Waals surface area contributed by atoms with Gasteiger partial charge in [0.1, 0.15) is 11.6 Å². The van der Waals surface area contributed by atoms with Crippen LogP contribution in [-0.4, -0.2) is 33.5 Å². The number of carbonyl (C=O) groups is 1. The number of fused-ring (bicyclic) bond motifs is 1. The number of nitrogens with zero attached hydrogens (tertiary/aromatic N) is 3. The number of hydrogen-bond donors (Lipinski definition) is 0. The lowest BCUT2D eigenvalue weighted by atomic mass is 10.0. The van der Waals surface area contributed by atoms with Crippen LogP contribution in [0.15, 0.2) is 83.7 Å². The minimum Gasteiger partial charge on any atom is -0.494 e. The number of benzene rings is 3. The van der Waals surface area contributed by atoms with Crippen molar-refractivity contribution < 1.29 is 9.53 Å². The Kier molecular flexibility index (Phi) is 9.53. The summed E-state index contributed by atoms with van der Waals surface area (Å²) in [7, 11) is 0. The zero-order valence-corrected chi connectivity index (χ0v) is 23.5. The molecule has 0 saturated heterocycles. The fourth-order valence-electron chi connectivity index (χ4n) is 4.91. The smallest absolute Gasteiger partial charge is 0.266 e. The largest absolute Gasteiger partial charge is 0.494 e. The first kappa shape index (κ1) is 28.1. The Balaban J connectivity index is 1.80. The molecule has 3 aromatic carbocycles. The Bertz CT molecular complexity index is 1430. The zero-order chi connectivity index (χ0) is 27.8. The molecule has 1 atom stereocenters. The normalized spacial score (nSPS) is 12.0. The highest BCUT2D eigenvalue weighted by molar-refractivity contribution is 5.79. The van der Waals surface area contributed by atoms with Crippen molar-refractivity contribution in [3.05, 3.63) is 101 Å². The first-order valence-corrected chi connectivity index (χ1v) is 14.0. The van der Waals surface area contributed by atoms with Crippen LogP contribution in [0.25, 0.3) is 16.6 Å². The van der Waals surface area contributed by atoms with E-state index in [0.29, 0.717) is 60.7 Å². The fraction of sp³-hybridized carbons (Fsp3) is 0.364. The van der Waals surface area contributed by atoms with Gasteiger partial charge in [-0.1, -0.05) is 63.2 Å². The SMILES string of the molecule is CCOc1ccc(-n2c(C(CC)N(CCC(C)C)C(=O)CCc3ccccc3)nc3ccccc3c2=O)cc1. The number of hydrogen-bond acceptors (Lipinski definition) is 4. The quantitative estimate of drug-likeness (QED) is 0.205. The van der Waals surface area contributed by atoms with Gasteiger partial charge in [0.15, 0.2) is 0 Å². The van der Waals surface area contributed by atoms with Crippen molar-refractivity contribution >= 4 is 16.8 Å². The van der Waals surface area contributed by atoms with E-state index in [4.69, 9.17) is 9.72 Å². The van der Waals surface area contributed by atoms with Crippen LogP contribution in [0, 0.1) is 5.92 Å². The summed E-state index contributed by atoms with van der Waals surface area (Å²) < 4.78 is 7.31. The van der Waals surface area contributed by atoms with Gasteiger partial charge in [-0.3, -0.25) is 14.2 Å². The maximum Gasteiger partial charge on any atom is 0.266 e. The van der Waals surface area contributed by atoms with Gasteiger partial charge in [0.2, 0.25) is 5.91 Å². The second-order valence-corrected chi connectivity index (χ2v) is 10.2. The molecule has 0 N–H and O–H groups in total. The molecule has 0 aliphatic rings. The molecule has 6 nitrogen and oxygen atoms in total. The number of ether oxygens (including phenoxy) is 1. The second-order valence-electron chi connectivity index (χ2n) is 10.2. The lowest BCUT2D eigenvalue weighted by Gasteiger charge is -2.33. The number of aryl methyl sites for hydroxylation is 1. The standard InChI is InChI=1S/C33H39N3O3/c1-5-30(35(23-22-24(3)4)31(37)21-16-25-12-8-7-9-13-25)32-34-29-15-11-10-14-28(29)33(38)36(32)26-17-19-27(20-18-26)39-6-2/h7-15,17-20,24,30H,5-6,16,21-23H2,1-4H3. The number of amides is 1. The van der Waals surface area contributed by atoms with Gasteiger partial charge >= 0.3 is 0 Å². The van der Waals surface area contributed by atoms with Gasteiger partial charge < -0.3 is 9.64 Å². The van der Waals surface area contributed by atoms with Crippen LogP contribution in [0.3, 0.4) is 0 Å². The maximum atomic E-state index is 13.9. The van der Waals surface area contributed by atoms with E-state index in [0.717, 1.165) is 17.7 Å². The molecular formula is C33H39N3O3. The summed E-state index contributed by atoms with van der Waals surface area (Å²) in [5.41, 5.74) is 2.34. The Morgan fingerprint density at radius 1 is 0.949 bits per heavy atom. The summed E-state index contributed by atoms with van der Waals surface area (Å²) in [4.78, 5) is 34.7. The van der Waals surface area contributed by atoms with Crippen molar-refractivity contribution in [3.8, 4) is 11.4 Å².